The SMILES string of the molecule is CC(C)(C)Cc1cnc2c(c1)[C@@H](NC(=O)OC(C)(C)C)CC1(CC(=NO)C1)O2.CC(C)(C)Cc1cnc2c(c1)[C@@H](NC(=O)OC(C)(C)C)CC1(CCC(=O)C1)O2. The Bertz CT molecular complexity index is 1820. The van der Waals surface area contributed by atoms with Gasteiger partial charge in [-0.3, -0.25) is 4.79 Å². The Morgan fingerprint density at radius 3 is 1.55 bits per heavy atom. The van der Waals surface area contributed by atoms with Gasteiger partial charge in [0.1, 0.15) is 28.2 Å². The van der Waals surface area contributed by atoms with Crippen LogP contribution in [0, 0.1) is 10.8 Å². The van der Waals surface area contributed by atoms with Gasteiger partial charge in [-0.15, -0.1) is 0 Å². The van der Waals surface area contributed by atoms with Gasteiger partial charge in [-0.05, 0) is 94.9 Å². The van der Waals surface area contributed by atoms with Crippen LogP contribution in [-0.2, 0) is 27.1 Å². The summed E-state index contributed by atoms with van der Waals surface area (Å²) in [6.07, 6.45) is 8.21. The van der Waals surface area contributed by atoms with E-state index >= 15 is 0 Å². The number of nitrogens with one attached hydrogen (secondary N) is 2. The van der Waals surface area contributed by atoms with Gasteiger partial charge in [-0.2, -0.15) is 0 Å². The van der Waals surface area contributed by atoms with E-state index in [1.54, 1.807) is 0 Å². The Hall–Kier alpha value is -4.42. The van der Waals surface area contributed by atoms with E-state index in [9.17, 15) is 14.4 Å². The number of carbonyl (C=O) groups excluding carboxylic acids is 3. The molecule has 1 unspecified atom stereocenters. The molecule has 2 aliphatic carbocycles. The second-order valence-corrected chi connectivity index (χ2v) is 20.6. The molecule has 56 heavy (non-hydrogen) atoms. The fraction of sp³-hybridized carbons (Fsp3) is 0.674. The molecule has 6 rings (SSSR count). The molecule has 3 atom stereocenters. The lowest BCUT2D eigenvalue weighted by molar-refractivity contribution is -0.118. The zero-order chi connectivity index (χ0) is 41.5. The molecule has 2 aromatic heterocycles. The number of ether oxygens (including phenoxy) is 4. The molecule has 2 aliphatic heterocycles. The fourth-order valence-corrected chi connectivity index (χ4v) is 7.88. The molecule has 2 fully saturated rings. The number of pyridine rings is 2. The van der Waals surface area contributed by atoms with Crippen LogP contribution in [0.3, 0.4) is 0 Å². The third-order valence-electron chi connectivity index (χ3n) is 9.82. The first kappa shape index (κ1) is 42.7. The summed E-state index contributed by atoms with van der Waals surface area (Å²) < 4.78 is 23.3. The predicted molar refractivity (Wildman–Crippen MR) is 212 cm³/mol. The van der Waals surface area contributed by atoms with Crippen LogP contribution >= 0.6 is 0 Å². The number of carbonyl (C=O) groups is 3. The van der Waals surface area contributed by atoms with Crippen LogP contribution in [0.5, 0.6) is 11.8 Å². The normalized spacial score (nSPS) is 24.4. The highest BCUT2D eigenvalue weighted by Crippen LogP contribution is 2.48. The van der Waals surface area contributed by atoms with Crippen molar-refractivity contribution in [3.8, 4) is 11.8 Å². The number of nitrogens with zero attached hydrogens (tertiary/aromatic N) is 3. The molecule has 3 N–H and O–H groups in total. The molecule has 0 bridgehead atoms. The highest BCUT2D eigenvalue weighted by molar-refractivity contribution is 5.92. The predicted octanol–water partition coefficient (Wildman–Crippen LogP) is 8.89. The number of Topliss-reactive ketones (excluding diaryl/α,β-unsaturated/α-hetero) is 1. The molecular weight excluding hydrogens is 715 g/mol. The van der Waals surface area contributed by atoms with Gasteiger partial charge in [0.2, 0.25) is 11.8 Å². The van der Waals surface area contributed by atoms with Gasteiger partial charge < -0.3 is 34.8 Å². The first-order valence-electron chi connectivity index (χ1n) is 19.8. The van der Waals surface area contributed by atoms with Gasteiger partial charge in [0.05, 0.1) is 17.8 Å². The molecule has 13 nitrogen and oxygen atoms in total. The number of hydrogen-bond acceptors (Lipinski definition) is 11. The summed E-state index contributed by atoms with van der Waals surface area (Å²) in [5.74, 6) is 1.24. The van der Waals surface area contributed by atoms with Crippen LogP contribution in [0.4, 0.5) is 9.59 Å². The van der Waals surface area contributed by atoms with Gasteiger partial charge in [-0.1, -0.05) is 46.7 Å². The van der Waals surface area contributed by atoms with Crippen molar-refractivity contribution in [2.75, 3.05) is 0 Å². The Morgan fingerprint density at radius 1 is 0.750 bits per heavy atom. The van der Waals surface area contributed by atoms with Crippen molar-refractivity contribution in [2.24, 2.45) is 16.0 Å². The van der Waals surface area contributed by atoms with Crippen LogP contribution in [-0.4, -0.2) is 61.3 Å². The number of aromatic nitrogens is 2. The largest absolute Gasteiger partial charge is 0.470 e. The van der Waals surface area contributed by atoms with Crippen molar-refractivity contribution in [1.82, 2.24) is 20.6 Å². The lowest BCUT2D eigenvalue weighted by Crippen LogP contribution is -2.54. The van der Waals surface area contributed by atoms with E-state index in [-0.39, 0.29) is 28.7 Å². The Balaban J connectivity index is 0.000000214. The highest BCUT2D eigenvalue weighted by Gasteiger charge is 2.51. The van der Waals surface area contributed by atoms with E-state index in [1.807, 2.05) is 53.9 Å². The minimum absolute atomic E-state index is 0.124. The van der Waals surface area contributed by atoms with Crippen LogP contribution in [0.15, 0.2) is 29.7 Å². The maximum absolute atomic E-state index is 12.5. The second-order valence-electron chi connectivity index (χ2n) is 20.6. The number of alkyl carbamates (subject to hydrolysis) is 2. The maximum Gasteiger partial charge on any atom is 0.408 e. The number of amides is 2. The van der Waals surface area contributed by atoms with Gasteiger partial charge >= 0.3 is 12.2 Å². The van der Waals surface area contributed by atoms with Gasteiger partial charge in [0, 0.05) is 62.0 Å². The summed E-state index contributed by atoms with van der Waals surface area (Å²) >= 11 is 0. The quantitative estimate of drug-likeness (QED) is 0.201. The van der Waals surface area contributed by atoms with Crippen molar-refractivity contribution in [2.45, 2.75) is 175 Å². The third-order valence-corrected chi connectivity index (χ3v) is 9.82. The summed E-state index contributed by atoms with van der Waals surface area (Å²) in [6, 6.07) is 3.57. The Labute approximate surface area is 332 Å². The lowest BCUT2D eigenvalue weighted by Gasteiger charge is -2.47. The van der Waals surface area contributed by atoms with Gasteiger partial charge in [0.15, 0.2) is 0 Å². The van der Waals surface area contributed by atoms with Crippen LogP contribution in [0.25, 0.3) is 0 Å². The van der Waals surface area contributed by atoms with Crippen LogP contribution in [0.1, 0.15) is 162 Å². The summed E-state index contributed by atoms with van der Waals surface area (Å²) in [7, 11) is 0. The standard InChI is InChI=1S/C22H32N2O4.C21H31N3O4/c1-20(2,3)10-14-9-16-17(24-19(26)28-21(4,5)6)12-22(8-7-15(25)11-22)27-18(16)23-13-14;1-19(2,3)8-13-7-15-16(23-18(25)28-20(4,5)6)11-21(9-14(10-21)24-26)27-17(15)22-12-13/h9,13,17H,7-8,10-12H2,1-6H3,(H,24,26);7,12,16,26H,8-11H2,1-6H3,(H,23,25)/t17-,22?;16-,21?/m00/s1. The second kappa shape index (κ2) is 15.5. The Morgan fingerprint density at radius 2 is 1.18 bits per heavy atom. The zero-order valence-corrected chi connectivity index (χ0v) is 35.5. The van der Waals surface area contributed by atoms with Crippen molar-refractivity contribution in [3.05, 3.63) is 46.8 Å². The molecule has 0 aromatic carbocycles. The number of ketones is 1. The molecule has 4 aliphatic rings. The molecule has 308 valence electrons. The molecular formula is C43H63N5O8. The average molecular weight is 778 g/mol. The third kappa shape index (κ3) is 11.6. The lowest BCUT2D eigenvalue weighted by atomic mass is 9.71. The molecule has 4 heterocycles. The maximum atomic E-state index is 12.5. The van der Waals surface area contributed by atoms with Crippen molar-refractivity contribution in [3.63, 3.8) is 0 Å². The molecule has 2 spiro atoms. The monoisotopic (exact) mass is 777 g/mol. The number of rotatable bonds is 4. The number of oxime groups is 1. The van der Waals surface area contributed by atoms with Gasteiger partial charge in [-0.25, -0.2) is 19.6 Å². The van der Waals surface area contributed by atoms with E-state index in [2.05, 4.69) is 79.4 Å². The van der Waals surface area contributed by atoms with E-state index in [0.29, 0.717) is 62.4 Å². The van der Waals surface area contributed by atoms with E-state index in [4.69, 9.17) is 24.2 Å². The summed E-state index contributed by atoms with van der Waals surface area (Å²) in [4.78, 5) is 45.9. The molecule has 13 heteroatoms. The highest BCUT2D eigenvalue weighted by atomic mass is 16.6. The van der Waals surface area contributed by atoms with Crippen molar-refractivity contribution in [1.29, 1.82) is 0 Å². The zero-order valence-electron chi connectivity index (χ0n) is 35.5. The fourth-order valence-electron chi connectivity index (χ4n) is 7.88. The number of hydrogen-bond donors (Lipinski definition) is 3. The Kier molecular flexibility index (Phi) is 11.8. The minimum atomic E-state index is -0.581. The minimum Gasteiger partial charge on any atom is -0.470 e. The smallest absolute Gasteiger partial charge is 0.408 e. The first-order chi connectivity index (χ1) is 25.7. The molecule has 2 aromatic rings. The molecule has 0 radical (unpaired) electrons. The van der Waals surface area contributed by atoms with E-state index < -0.39 is 34.6 Å². The topological polar surface area (TPSA) is 171 Å². The summed E-state index contributed by atoms with van der Waals surface area (Å²) in [6.45, 7) is 24.1. The summed E-state index contributed by atoms with van der Waals surface area (Å²) in [5.41, 5.74) is 2.65. The van der Waals surface area contributed by atoms with Gasteiger partial charge in [0.25, 0.3) is 0 Å². The van der Waals surface area contributed by atoms with Crippen LogP contribution < -0.4 is 20.1 Å². The number of fused-ring (bicyclic) bond motifs is 2. The molecule has 0 saturated heterocycles. The van der Waals surface area contributed by atoms with E-state index in [1.165, 1.54) is 0 Å². The summed E-state index contributed by atoms with van der Waals surface area (Å²) in [5, 5.41) is 18.3. The molecule has 2 amide bonds. The first-order valence-corrected chi connectivity index (χ1v) is 19.8. The average Bonchev–Trinajstić information content (AvgIpc) is 3.35. The van der Waals surface area contributed by atoms with Crippen molar-refractivity contribution >= 4 is 23.7 Å². The van der Waals surface area contributed by atoms with E-state index in [0.717, 1.165) is 35.1 Å². The van der Waals surface area contributed by atoms with Crippen molar-refractivity contribution < 1.29 is 38.5 Å². The molecule has 2 saturated carbocycles. The van der Waals surface area contributed by atoms with Crippen LogP contribution in [0.2, 0.25) is 0 Å².